The number of urea groups is 1. The molecule has 2 N–H and O–H groups in total. The lowest BCUT2D eigenvalue weighted by Gasteiger charge is -2.11. The second kappa shape index (κ2) is 11.4. The zero-order valence-corrected chi connectivity index (χ0v) is 17.8. The Morgan fingerprint density at radius 2 is 1.68 bits per heavy atom. The fourth-order valence-electron chi connectivity index (χ4n) is 2.96. The number of hydrogen-bond acceptors (Lipinski definition) is 5. The lowest BCUT2D eigenvalue weighted by molar-refractivity contribution is 0.240. The van der Waals surface area contributed by atoms with Crippen molar-refractivity contribution >= 4 is 6.03 Å². The zero-order valence-electron chi connectivity index (χ0n) is 17.8. The molecular weight excluding hydrogens is 394 g/mol. The quantitative estimate of drug-likeness (QED) is 0.509. The standard InChI is InChI=1S/C24H27N3O4/c1-3-30-21-10-6-7-11-22(21)31-23-13-12-18(16-26-23)17-27-24(28)25-15-14-19-8-4-5-9-20(19)29-2/h4-13,16H,3,14-15,17H2,1-2H3,(H2,25,27,28). The van der Waals surface area contributed by atoms with Gasteiger partial charge < -0.3 is 24.8 Å². The van der Waals surface area contributed by atoms with Crippen molar-refractivity contribution in [3.8, 4) is 23.1 Å². The summed E-state index contributed by atoms with van der Waals surface area (Å²) in [5.41, 5.74) is 1.92. The number of carbonyl (C=O) groups is 1. The van der Waals surface area contributed by atoms with Crippen molar-refractivity contribution in [3.63, 3.8) is 0 Å². The average Bonchev–Trinajstić information content (AvgIpc) is 2.80. The third-order valence-corrected chi connectivity index (χ3v) is 4.49. The number of aromatic nitrogens is 1. The Bertz CT molecular complexity index is 977. The molecule has 0 aliphatic rings. The molecule has 7 heteroatoms. The highest BCUT2D eigenvalue weighted by Crippen LogP contribution is 2.30. The zero-order chi connectivity index (χ0) is 21.9. The Kier molecular flexibility index (Phi) is 8.11. The summed E-state index contributed by atoms with van der Waals surface area (Å²) in [6.07, 6.45) is 2.36. The van der Waals surface area contributed by atoms with E-state index in [0.717, 1.165) is 16.9 Å². The lowest BCUT2D eigenvalue weighted by Crippen LogP contribution is -2.36. The summed E-state index contributed by atoms with van der Waals surface area (Å²) in [7, 11) is 1.64. The minimum atomic E-state index is -0.235. The molecule has 31 heavy (non-hydrogen) atoms. The molecule has 3 rings (SSSR count). The number of ether oxygens (including phenoxy) is 3. The van der Waals surface area contributed by atoms with E-state index in [9.17, 15) is 4.79 Å². The number of carbonyl (C=O) groups excluding carboxylic acids is 1. The highest BCUT2D eigenvalue weighted by atomic mass is 16.5. The second-order valence-electron chi connectivity index (χ2n) is 6.66. The number of benzene rings is 2. The topological polar surface area (TPSA) is 81.7 Å². The first kappa shape index (κ1) is 22.0. The molecule has 0 saturated carbocycles. The van der Waals surface area contributed by atoms with Gasteiger partial charge in [0.1, 0.15) is 5.75 Å². The summed E-state index contributed by atoms with van der Waals surface area (Å²) in [5.74, 6) is 2.55. The van der Waals surface area contributed by atoms with Crippen LogP contribution in [0.3, 0.4) is 0 Å². The fraction of sp³-hybridized carbons (Fsp3) is 0.250. The van der Waals surface area contributed by atoms with Crippen molar-refractivity contribution < 1.29 is 19.0 Å². The van der Waals surface area contributed by atoms with Crippen LogP contribution >= 0.6 is 0 Å². The summed E-state index contributed by atoms with van der Waals surface area (Å²) in [5, 5.41) is 5.68. The minimum Gasteiger partial charge on any atom is -0.496 e. The lowest BCUT2D eigenvalue weighted by atomic mass is 10.1. The molecule has 0 unspecified atom stereocenters. The van der Waals surface area contributed by atoms with E-state index in [0.29, 0.717) is 43.5 Å². The van der Waals surface area contributed by atoms with Gasteiger partial charge >= 0.3 is 6.03 Å². The largest absolute Gasteiger partial charge is 0.496 e. The van der Waals surface area contributed by atoms with Crippen molar-refractivity contribution in [1.82, 2.24) is 15.6 Å². The Labute approximate surface area is 182 Å². The molecule has 0 saturated heterocycles. The summed E-state index contributed by atoms with van der Waals surface area (Å²) in [4.78, 5) is 16.4. The van der Waals surface area contributed by atoms with E-state index < -0.39 is 0 Å². The highest BCUT2D eigenvalue weighted by molar-refractivity contribution is 5.73. The van der Waals surface area contributed by atoms with Gasteiger partial charge in [0, 0.05) is 25.4 Å². The number of nitrogens with zero attached hydrogens (tertiary/aromatic N) is 1. The summed E-state index contributed by atoms with van der Waals surface area (Å²) >= 11 is 0. The highest BCUT2D eigenvalue weighted by Gasteiger charge is 2.07. The number of para-hydroxylation sites is 3. The van der Waals surface area contributed by atoms with Crippen molar-refractivity contribution in [2.45, 2.75) is 19.9 Å². The van der Waals surface area contributed by atoms with Crippen LogP contribution in [0.4, 0.5) is 4.79 Å². The Hall–Kier alpha value is -3.74. The van der Waals surface area contributed by atoms with Gasteiger partial charge in [-0.05, 0) is 42.7 Å². The molecule has 0 aliphatic heterocycles. The van der Waals surface area contributed by atoms with Crippen LogP contribution in [0, 0.1) is 0 Å². The second-order valence-corrected chi connectivity index (χ2v) is 6.66. The monoisotopic (exact) mass is 421 g/mol. The van der Waals surface area contributed by atoms with Crippen molar-refractivity contribution in [3.05, 3.63) is 78.0 Å². The van der Waals surface area contributed by atoms with Gasteiger partial charge in [-0.15, -0.1) is 0 Å². The first-order chi connectivity index (χ1) is 15.2. The molecule has 0 radical (unpaired) electrons. The van der Waals surface area contributed by atoms with Gasteiger partial charge in [0.05, 0.1) is 13.7 Å². The minimum absolute atomic E-state index is 0.235. The van der Waals surface area contributed by atoms with Gasteiger partial charge in [0.15, 0.2) is 11.5 Å². The molecular formula is C24H27N3O4. The Morgan fingerprint density at radius 1 is 0.935 bits per heavy atom. The van der Waals surface area contributed by atoms with E-state index in [1.54, 1.807) is 19.4 Å². The van der Waals surface area contributed by atoms with Crippen LogP contribution in [0.1, 0.15) is 18.1 Å². The van der Waals surface area contributed by atoms with Crippen LogP contribution in [-0.4, -0.2) is 31.3 Å². The molecule has 0 atom stereocenters. The molecule has 1 heterocycles. The predicted molar refractivity (Wildman–Crippen MR) is 119 cm³/mol. The van der Waals surface area contributed by atoms with Crippen LogP contribution in [0.5, 0.6) is 23.1 Å². The van der Waals surface area contributed by atoms with Crippen molar-refractivity contribution in [1.29, 1.82) is 0 Å². The van der Waals surface area contributed by atoms with Gasteiger partial charge in [0.25, 0.3) is 0 Å². The van der Waals surface area contributed by atoms with E-state index in [4.69, 9.17) is 14.2 Å². The van der Waals surface area contributed by atoms with E-state index in [1.807, 2.05) is 61.5 Å². The molecule has 0 aliphatic carbocycles. The SMILES string of the molecule is CCOc1ccccc1Oc1ccc(CNC(=O)NCCc2ccccc2OC)cn1. The first-order valence-electron chi connectivity index (χ1n) is 10.2. The summed E-state index contributed by atoms with van der Waals surface area (Å²) in [6.45, 7) is 3.35. The molecule has 162 valence electrons. The van der Waals surface area contributed by atoms with Crippen LogP contribution in [0.15, 0.2) is 66.9 Å². The maximum Gasteiger partial charge on any atom is 0.315 e. The molecule has 0 bridgehead atoms. The molecule has 1 aromatic heterocycles. The molecule has 7 nitrogen and oxygen atoms in total. The van der Waals surface area contributed by atoms with Gasteiger partial charge in [-0.2, -0.15) is 0 Å². The van der Waals surface area contributed by atoms with Crippen molar-refractivity contribution in [2.75, 3.05) is 20.3 Å². The van der Waals surface area contributed by atoms with E-state index in [2.05, 4.69) is 15.6 Å². The average molecular weight is 421 g/mol. The third-order valence-electron chi connectivity index (χ3n) is 4.49. The van der Waals surface area contributed by atoms with E-state index in [1.165, 1.54) is 0 Å². The van der Waals surface area contributed by atoms with Crippen molar-refractivity contribution in [2.24, 2.45) is 0 Å². The maximum atomic E-state index is 12.1. The summed E-state index contributed by atoms with van der Waals surface area (Å²) in [6, 6.07) is 18.6. The van der Waals surface area contributed by atoms with Gasteiger partial charge in [-0.1, -0.05) is 36.4 Å². The first-order valence-corrected chi connectivity index (χ1v) is 10.2. The van der Waals surface area contributed by atoms with Crippen LogP contribution in [0.2, 0.25) is 0 Å². The maximum absolute atomic E-state index is 12.1. The smallest absolute Gasteiger partial charge is 0.315 e. The number of pyridine rings is 1. The number of hydrogen-bond donors (Lipinski definition) is 2. The fourth-order valence-corrected chi connectivity index (χ4v) is 2.96. The van der Waals surface area contributed by atoms with Crippen LogP contribution in [0.25, 0.3) is 0 Å². The van der Waals surface area contributed by atoms with E-state index in [-0.39, 0.29) is 6.03 Å². The Balaban J connectivity index is 1.44. The molecule has 2 amide bonds. The molecule has 0 fully saturated rings. The Morgan fingerprint density at radius 3 is 2.39 bits per heavy atom. The van der Waals surface area contributed by atoms with Gasteiger partial charge in [-0.3, -0.25) is 0 Å². The molecule has 0 spiro atoms. The predicted octanol–water partition coefficient (Wildman–Crippen LogP) is 4.32. The van der Waals surface area contributed by atoms with Crippen LogP contribution in [-0.2, 0) is 13.0 Å². The number of methoxy groups -OCH3 is 1. The van der Waals surface area contributed by atoms with Crippen LogP contribution < -0.4 is 24.8 Å². The number of amides is 2. The van der Waals surface area contributed by atoms with Gasteiger partial charge in [0.2, 0.25) is 5.88 Å². The molecule has 2 aromatic carbocycles. The normalized spacial score (nSPS) is 10.3. The summed E-state index contributed by atoms with van der Waals surface area (Å²) < 4.78 is 16.7. The number of nitrogens with one attached hydrogen (secondary N) is 2. The molecule has 3 aromatic rings. The third kappa shape index (κ3) is 6.64. The number of rotatable bonds is 10. The van der Waals surface area contributed by atoms with Gasteiger partial charge in [-0.25, -0.2) is 9.78 Å². The van der Waals surface area contributed by atoms with E-state index >= 15 is 0 Å².